The molecule has 0 spiro atoms. The van der Waals surface area contributed by atoms with Crippen LogP contribution >= 0.6 is 0 Å². The molecule has 2 unspecified atom stereocenters. The van der Waals surface area contributed by atoms with E-state index in [0.717, 1.165) is 5.56 Å². The Kier molecular flexibility index (Phi) is 4.40. The van der Waals surface area contributed by atoms with E-state index in [1.807, 2.05) is 6.07 Å². The van der Waals surface area contributed by atoms with Crippen LogP contribution in [0.4, 0.5) is 0 Å². The lowest BCUT2D eigenvalue weighted by molar-refractivity contribution is -0.123. The van der Waals surface area contributed by atoms with Crippen molar-refractivity contribution in [3.8, 4) is 0 Å². The quantitative estimate of drug-likeness (QED) is 0.821. The molecular weight excluding hydrogens is 276 g/mol. The van der Waals surface area contributed by atoms with Gasteiger partial charge in [-0.1, -0.05) is 37.6 Å². The van der Waals surface area contributed by atoms with Gasteiger partial charge in [-0.25, -0.2) is 0 Å². The normalized spacial score (nSPS) is 21.8. The number of benzene rings is 1. The number of nitrogens with one attached hydrogen (secondary N) is 1. The van der Waals surface area contributed by atoms with Crippen molar-refractivity contribution in [3.05, 3.63) is 47.0 Å². The van der Waals surface area contributed by atoms with Crippen LogP contribution in [0.2, 0.25) is 0 Å². The number of rotatable bonds is 5. The number of amides is 2. The smallest absolute Gasteiger partial charge is 0.248 e. The monoisotopic (exact) mass is 300 g/mol. The number of carbonyl (C=O) groups is 2. The summed E-state index contributed by atoms with van der Waals surface area (Å²) in [6.45, 7) is 8.76. The van der Waals surface area contributed by atoms with Crippen LogP contribution in [0.15, 0.2) is 35.9 Å². The summed E-state index contributed by atoms with van der Waals surface area (Å²) in [6.07, 6.45) is 2.18. The van der Waals surface area contributed by atoms with Crippen LogP contribution in [0.3, 0.4) is 0 Å². The Morgan fingerprint density at radius 3 is 2.59 bits per heavy atom. The number of hydrogen-bond acceptors (Lipinski definition) is 2. The summed E-state index contributed by atoms with van der Waals surface area (Å²) >= 11 is 0. The molecule has 1 aliphatic carbocycles. The van der Waals surface area contributed by atoms with Crippen molar-refractivity contribution >= 4 is 11.8 Å². The van der Waals surface area contributed by atoms with E-state index < -0.39 is 5.91 Å². The summed E-state index contributed by atoms with van der Waals surface area (Å²) in [5.41, 5.74) is 7.85. The van der Waals surface area contributed by atoms with Gasteiger partial charge in [-0.2, -0.15) is 0 Å². The van der Waals surface area contributed by atoms with Crippen molar-refractivity contribution in [2.24, 2.45) is 23.0 Å². The van der Waals surface area contributed by atoms with Crippen LogP contribution in [-0.4, -0.2) is 11.8 Å². The van der Waals surface area contributed by atoms with Crippen LogP contribution in [0, 0.1) is 17.3 Å². The van der Waals surface area contributed by atoms with Crippen molar-refractivity contribution < 1.29 is 9.59 Å². The molecule has 0 aliphatic heterocycles. The second kappa shape index (κ2) is 5.95. The number of allylic oxidation sites excluding steroid dienone is 2. The van der Waals surface area contributed by atoms with Gasteiger partial charge in [0.1, 0.15) is 0 Å². The molecule has 2 amide bonds. The average molecular weight is 300 g/mol. The molecule has 1 aliphatic rings. The topological polar surface area (TPSA) is 72.2 Å². The Labute approximate surface area is 131 Å². The third kappa shape index (κ3) is 3.38. The summed E-state index contributed by atoms with van der Waals surface area (Å²) in [6, 6.07) is 7.03. The minimum atomic E-state index is -0.458. The zero-order chi connectivity index (χ0) is 16.5. The van der Waals surface area contributed by atoms with Gasteiger partial charge in [0.25, 0.3) is 0 Å². The predicted octanol–water partition coefficient (Wildman–Crippen LogP) is 2.64. The molecule has 2 rings (SSSR count). The fourth-order valence-electron chi connectivity index (χ4n) is 2.98. The highest BCUT2D eigenvalue weighted by Crippen LogP contribution is 2.59. The number of primary amides is 1. The molecular formula is C18H24N2O2. The zero-order valence-electron chi connectivity index (χ0n) is 13.6. The third-order valence-corrected chi connectivity index (χ3v) is 4.38. The molecule has 2 atom stereocenters. The molecule has 3 N–H and O–H groups in total. The van der Waals surface area contributed by atoms with Crippen molar-refractivity contribution in [1.82, 2.24) is 5.32 Å². The van der Waals surface area contributed by atoms with Gasteiger partial charge in [-0.3, -0.25) is 9.59 Å². The van der Waals surface area contributed by atoms with Gasteiger partial charge >= 0.3 is 0 Å². The average Bonchev–Trinajstić information content (AvgIpc) is 2.96. The first-order valence-corrected chi connectivity index (χ1v) is 7.55. The van der Waals surface area contributed by atoms with Crippen LogP contribution in [-0.2, 0) is 11.3 Å². The highest BCUT2D eigenvalue weighted by molar-refractivity contribution is 5.92. The highest BCUT2D eigenvalue weighted by Gasteiger charge is 2.60. The standard InChI is InChI=1S/C18H24N2O2/c1-11(2)8-14-15(18(14,3)4)17(22)20-10-12-6-5-7-13(9-12)16(19)21/h5-9,14-15H,10H2,1-4H3,(H2,19,21)(H,20,22). The van der Waals surface area contributed by atoms with Gasteiger partial charge in [0, 0.05) is 12.1 Å². The van der Waals surface area contributed by atoms with E-state index in [2.05, 4.69) is 39.1 Å². The maximum atomic E-state index is 12.4. The molecule has 118 valence electrons. The molecule has 4 heteroatoms. The fourth-order valence-corrected chi connectivity index (χ4v) is 2.98. The number of hydrogen-bond donors (Lipinski definition) is 2. The van der Waals surface area contributed by atoms with E-state index in [9.17, 15) is 9.59 Å². The zero-order valence-corrected chi connectivity index (χ0v) is 13.6. The Bertz CT molecular complexity index is 628. The van der Waals surface area contributed by atoms with Crippen molar-refractivity contribution in [2.45, 2.75) is 34.2 Å². The lowest BCUT2D eigenvalue weighted by Gasteiger charge is -2.07. The van der Waals surface area contributed by atoms with Crippen molar-refractivity contribution in [2.75, 3.05) is 0 Å². The second-order valence-electron chi connectivity index (χ2n) is 6.85. The Morgan fingerprint density at radius 2 is 2.00 bits per heavy atom. The predicted molar refractivity (Wildman–Crippen MR) is 87.0 cm³/mol. The molecule has 0 bridgehead atoms. The van der Waals surface area contributed by atoms with Gasteiger partial charge in [0.15, 0.2) is 0 Å². The van der Waals surface area contributed by atoms with E-state index in [0.29, 0.717) is 18.0 Å². The summed E-state index contributed by atoms with van der Waals surface area (Å²) in [5, 5.41) is 2.97. The summed E-state index contributed by atoms with van der Waals surface area (Å²) in [5.74, 6) is -0.0757. The Balaban J connectivity index is 1.98. The molecule has 0 radical (unpaired) electrons. The van der Waals surface area contributed by atoms with Crippen LogP contribution in [0.5, 0.6) is 0 Å². The van der Waals surface area contributed by atoms with Gasteiger partial charge in [-0.05, 0) is 42.9 Å². The van der Waals surface area contributed by atoms with Crippen LogP contribution in [0.1, 0.15) is 43.6 Å². The largest absolute Gasteiger partial charge is 0.366 e. The summed E-state index contributed by atoms with van der Waals surface area (Å²) in [4.78, 5) is 23.5. The van der Waals surface area contributed by atoms with Crippen molar-refractivity contribution in [3.63, 3.8) is 0 Å². The lowest BCUT2D eigenvalue weighted by atomic mass is 10.1. The first-order valence-electron chi connectivity index (χ1n) is 7.55. The molecule has 1 saturated carbocycles. The molecule has 1 aromatic carbocycles. The second-order valence-corrected chi connectivity index (χ2v) is 6.85. The van der Waals surface area contributed by atoms with E-state index in [4.69, 9.17) is 5.73 Å². The lowest BCUT2D eigenvalue weighted by Crippen LogP contribution is -2.26. The summed E-state index contributed by atoms with van der Waals surface area (Å²) < 4.78 is 0. The molecule has 4 nitrogen and oxygen atoms in total. The highest BCUT2D eigenvalue weighted by atomic mass is 16.2. The number of carbonyl (C=O) groups excluding carboxylic acids is 2. The fraction of sp³-hybridized carbons (Fsp3) is 0.444. The van der Waals surface area contributed by atoms with Gasteiger partial charge < -0.3 is 11.1 Å². The Morgan fingerprint density at radius 1 is 1.32 bits per heavy atom. The van der Waals surface area contributed by atoms with Crippen molar-refractivity contribution in [1.29, 1.82) is 0 Å². The van der Waals surface area contributed by atoms with E-state index in [-0.39, 0.29) is 17.2 Å². The van der Waals surface area contributed by atoms with Gasteiger partial charge in [0.2, 0.25) is 11.8 Å². The van der Waals surface area contributed by atoms with E-state index in [1.165, 1.54) is 5.57 Å². The molecule has 0 aromatic heterocycles. The maximum Gasteiger partial charge on any atom is 0.248 e. The SMILES string of the molecule is CC(C)=CC1C(C(=O)NCc2cccc(C(N)=O)c2)C1(C)C. The van der Waals surface area contributed by atoms with Gasteiger partial charge in [-0.15, -0.1) is 0 Å². The molecule has 1 aromatic rings. The third-order valence-electron chi connectivity index (χ3n) is 4.38. The molecule has 22 heavy (non-hydrogen) atoms. The first-order chi connectivity index (χ1) is 10.2. The maximum absolute atomic E-state index is 12.4. The first kappa shape index (κ1) is 16.3. The molecule has 0 heterocycles. The summed E-state index contributed by atoms with van der Waals surface area (Å²) in [7, 11) is 0. The van der Waals surface area contributed by atoms with Gasteiger partial charge in [0.05, 0.1) is 5.92 Å². The van der Waals surface area contributed by atoms with Crippen LogP contribution < -0.4 is 11.1 Å². The van der Waals surface area contributed by atoms with E-state index in [1.54, 1.807) is 18.2 Å². The molecule has 0 saturated heterocycles. The van der Waals surface area contributed by atoms with E-state index >= 15 is 0 Å². The van der Waals surface area contributed by atoms with Crippen LogP contribution in [0.25, 0.3) is 0 Å². The minimum Gasteiger partial charge on any atom is -0.366 e. The molecule has 1 fully saturated rings. The minimum absolute atomic E-state index is 0.0103. The Hall–Kier alpha value is -2.10. The number of nitrogens with two attached hydrogens (primary N) is 1.